The lowest BCUT2D eigenvalue weighted by Gasteiger charge is -2.28. The maximum absolute atomic E-state index is 6.30. The Kier molecular flexibility index (Phi) is 10.5. The van der Waals surface area contributed by atoms with Crippen molar-refractivity contribution in [3.63, 3.8) is 0 Å². The van der Waals surface area contributed by atoms with Gasteiger partial charge in [-0.05, 0) is 41.8 Å². The van der Waals surface area contributed by atoms with Crippen LogP contribution in [0.3, 0.4) is 0 Å². The van der Waals surface area contributed by atoms with E-state index in [0.717, 1.165) is 61.6 Å². The second-order valence-electron chi connectivity index (χ2n) is 6.83. The number of ether oxygens (including phenoxy) is 2. The first kappa shape index (κ1) is 24.6. The van der Waals surface area contributed by atoms with Crippen LogP contribution in [0.4, 0.5) is 5.69 Å². The maximum atomic E-state index is 6.30. The minimum absolute atomic E-state index is 0. The molecule has 0 amide bonds. The van der Waals surface area contributed by atoms with Gasteiger partial charge in [0.2, 0.25) is 0 Å². The van der Waals surface area contributed by atoms with Gasteiger partial charge in [0.1, 0.15) is 5.75 Å². The number of morpholine rings is 1. The molecule has 2 aromatic rings. The summed E-state index contributed by atoms with van der Waals surface area (Å²) in [6, 6.07) is 14.4. The zero-order chi connectivity index (χ0) is 20.5. The molecule has 0 saturated carbocycles. The number of hydrogen-bond donors (Lipinski definition) is 2. The normalized spacial score (nSPS) is 14.1. The summed E-state index contributed by atoms with van der Waals surface area (Å²) in [4.78, 5) is 6.65. The van der Waals surface area contributed by atoms with Crippen LogP contribution in [0, 0.1) is 0 Å². The van der Waals surface area contributed by atoms with Crippen LogP contribution in [0.2, 0.25) is 5.02 Å². The molecule has 30 heavy (non-hydrogen) atoms. The lowest BCUT2D eigenvalue weighted by atomic mass is 10.1. The highest BCUT2D eigenvalue weighted by molar-refractivity contribution is 14.0. The summed E-state index contributed by atoms with van der Waals surface area (Å²) in [5.74, 6) is 1.54. The van der Waals surface area contributed by atoms with Crippen LogP contribution in [0.5, 0.6) is 5.75 Å². The monoisotopic (exact) mass is 544 g/mol. The fourth-order valence-corrected chi connectivity index (χ4v) is 3.49. The third kappa shape index (κ3) is 7.21. The molecule has 2 aromatic carbocycles. The average Bonchev–Trinajstić information content (AvgIpc) is 2.78. The van der Waals surface area contributed by atoms with E-state index < -0.39 is 0 Å². The van der Waals surface area contributed by atoms with E-state index in [1.165, 1.54) is 11.3 Å². The molecule has 1 fully saturated rings. The van der Waals surface area contributed by atoms with Gasteiger partial charge in [0.05, 0.1) is 20.3 Å². The number of methoxy groups -OCH3 is 1. The van der Waals surface area contributed by atoms with Gasteiger partial charge < -0.3 is 25.0 Å². The lowest BCUT2D eigenvalue weighted by Crippen LogP contribution is -2.38. The van der Waals surface area contributed by atoms with Crippen molar-refractivity contribution in [3.05, 3.63) is 58.6 Å². The number of nitrogens with one attached hydrogen (secondary N) is 2. The Balaban J connectivity index is 0.00000320. The molecule has 1 heterocycles. The van der Waals surface area contributed by atoms with E-state index in [2.05, 4.69) is 44.8 Å². The number of nitrogens with zero attached hydrogens (tertiary/aromatic N) is 2. The van der Waals surface area contributed by atoms with Crippen molar-refractivity contribution in [1.29, 1.82) is 0 Å². The minimum Gasteiger partial charge on any atom is -0.497 e. The number of anilines is 1. The second kappa shape index (κ2) is 12.9. The van der Waals surface area contributed by atoms with Gasteiger partial charge in [-0.1, -0.05) is 29.8 Å². The fraction of sp³-hybridized carbons (Fsp3) is 0.409. The standard InChI is InChI=1S/C22H29ClN4O2.HI/c1-24-22(25-10-9-18-5-8-20(28-2)15-21(18)23)26-16-17-3-6-19(7-4-17)27-11-13-29-14-12-27;/h3-8,15H,9-14,16H2,1-2H3,(H2,24,25,26);1H. The molecule has 2 N–H and O–H groups in total. The van der Waals surface area contributed by atoms with Crippen molar-refractivity contribution >= 4 is 47.2 Å². The zero-order valence-electron chi connectivity index (χ0n) is 17.5. The first-order valence-corrected chi connectivity index (χ1v) is 10.3. The van der Waals surface area contributed by atoms with Crippen molar-refractivity contribution in [2.45, 2.75) is 13.0 Å². The first-order valence-electron chi connectivity index (χ1n) is 9.88. The minimum atomic E-state index is 0. The molecule has 3 rings (SSSR count). The molecule has 1 aliphatic heterocycles. The molecule has 1 aliphatic rings. The van der Waals surface area contributed by atoms with Gasteiger partial charge in [-0.15, -0.1) is 24.0 Å². The van der Waals surface area contributed by atoms with Crippen molar-refractivity contribution in [3.8, 4) is 5.75 Å². The summed E-state index contributed by atoms with van der Waals surface area (Å²) >= 11 is 6.30. The van der Waals surface area contributed by atoms with Crippen LogP contribution < -0.4 is 20.3 Å². The molecule has 6 nitrogen and oxygen atoms in total. The molecule has 0 aromatic heterocycles. The van der Waals surface area contributed by atoms with Gasteiger partial charge >= 0.3 is 0 Å². The van der Waals surface area contributed by atoms with Crippen molar-refractivity contribution in [2.24, 2.45) is 4.99 Å². The summed E-state index contributed by atoms with van der Waals surface area (Å²) < 4.78 is 10.6. The van der Waals surface area contributed by atoms with Gasteiger partial charge in [0, 0.05) is 43.9 Å². The maximum Gasteiger partial charge on any atom is 0.191 e. The predicted octanol–water partition coefficient (Wildman–Crippen LogP) is 3.71. The van der Waals surface area contributed by atoms with Crippen molar-refractivity contribution in [1.82, 2.24) is 10.6 Å². The van der Waals surface area contributed by atoms with Gasteiger partial charge in [-0.2, -0.15) is 0 Å². The van der Waals surface area contributed by atoms with E-state index in [1.807, 2.05) is 18.2 Å². The molecule has 0 bridgehead atoms. The topological polar surface area (TPSA) is 58.1 Å². The lowest BCUT2D eigenvalue weighted by molar-refractivity contribution is 0.122. The molecule has 0 unspecified atom stereocenters. The van der Waals surface area contributed by atoms with E-state index >= 15 is 0 Å². The van der Waals surface area contributed by atoms with Crippen molar-refractivity contribution < 1.29 is 9.47 Å². The zero-order valence-corrected chi connectivity index (χ0v) is 20.6. The number of guanidine groups is 1. The van der Waals surface area contributed by atoms with Crippen molar-refractivity contribution in [2.75, 3.05) is 51.9 Å². The SMILES string of the molecule is CN=C(NCCc1ccc(OC)cc1Cl)NCc1ccc(N2CCOCC2)cc1.I. The summed E-state index contributed by atoms with van der Waals surface area (Å²) in [6.45, 7) is 4.95. The molecule has 0 aliphatic carbocycles. The molecular formula is C22H30ClIN4O2. The van der Waals surface area contributed by atoms with E-state index in [4.69, 9.17) is 21.1 Å². The summed E-state index contributed by atoms with van der Waals surface area (Å²) in [5.41, 5.74) is 3.54. The van der Waals surface area contributed by atoms with Gasteiger partial charge in [0.15, 0.2) is 5.96 Å². The predicted molar refractivity (Wildman–Crippen MR) is 135 cm³/mol. The molecule has 0 atom stereocenters. The summed E-state index contributed by atoms with van der Waals surface area (Å²) in [5, 5.41) is 7.41. The molecular weight excluding hydrogens is 515 g/mol. The second-order valence-corrected chi connectivity index (χ2v) is 7.23. The molecule has 8 heteroatoms. The number of hydrogen-bond acceptors (Lipinski definition) is 4. The van der Waals surface area contributed by atoms with E-state index in [9.17, 15) is 0 Å². The number of rotatable bonds is 7. The van der Waals surface area contributed by atoms with Crippen LogP contribution >= 0.6 is 35.6 Å². The number of benzene rings is 2. The third-order valence-electron chi connectivity index (χ3n) is 4.94. The van der Waals surface area contributed by atoms with Crippen LogP contribution in [-0.4, -0.2) is 53.0 Å². The fourth-order valence-electron chi connectivity index (χ4n) is 3.23. The number of aliphatic imine (C=N–C) groups is 1. The summed E-state index contributed by atoms with van der Waals surface area (Å²) in [7, 11) is 3.41. The average molecular weight is 545 g/mol. The molecule has 0 spiro atoms. The van der Waals surface area contributed by atoms with E-state index in [0.29, 0.717) is 6.54 Å². The third-order valence-corrected chi connectivity index (χ3v) is 5.30. The van der Waals surface area contributed by atoms with E-state index in [1.54, 1.807) is 14.2 Å². The quantitative estimate of drug-likeness (QED) is 0.316. The van der Waals surface area contributed by atoms with Crippen LogP contribution in [0.1, 0.15) is 11.1 Å². The van der Waals surface area contributed by atoms with Crippen LogP contribution in [0.15, 0.2) is 47.5 Å². The van der Waals surface area contributed by atoms with Gasteiger partial charge in [0.25, 0.3) is 0 Å². The molecule has 1 saturated heterocycles. The van der Waals surface area contributed by atoms with E-state index in [-0.39, 0.29) is 24.0 Å². The highest BCUT2D eigenvalue weighted by atomic mass is 127. The Labute approximate surface area is 201 Å². The molecule has 0 radical (unpaired) electrons. The summed E-state index contributed by atoms with van der Waals surface area (Å²) in [6.07, 6.45) is 0.803. The van der Waals surface area contributed by atoms with Crippen LogP contribution in [-0.2, 0) is 17.7 Å². The van der Waals surface area contributed by atoms with Crippen LogP contribution in [0.25, 0.3) is 0 Å². The highest BCUT2D eigenvalue weighted by Gasteiger charge is 2.10. The highest BCUT2D eigenvalue weighted by Crippen LogP contribution is 2.22. The Morgan fingerprint density at radius 1 is 1.13 bits per heavy atom. The van der Waals surface area contributed by atoms with Gasteiger partial charge in [-0.3, -0.25) is 4.99 Å². The van der Waals surface area contributed by atoms with Gasteiger partial charge in [-0.25, -0.2) is 0 Å². The Morgan fingerprint density at radius 3 is 2.50 bits per heavy atom. The Morgan fingerprint density at radius 2 is 1.87 bits per heavy atom. The number of halogens is 2. The largest absolute Gasteiger partial charge is 0.497 e. The smallest absolute Gasteiger partial charge is 0.191 e. The molecule has 164 valence electrons. The first-order chi connectivity index (χ1) is 14.2. The Bertz CT molecular complexity index is 811. The Hall–Kier alpha value is -1.71.